The van der Waals surface area contributed by atoms with Crippen molar-refractivity contribution in [3.8, 4) is 0 Å². The first-order chi connectivity index (χ1) is 6.88. The quantitative estimate of drug-likeness (QED) is 0.642. The Kier molecular flexibility index (Phi) is 2.81. The molecule has 1 heterocycles. The molecule has 0 amide bonds. The van der Waals surface area contributed by atoms with Gasteiger partial charge >= 0.3 is 0 Å². The molecule has 1 atom stereocenters. The van der Waals surface area contributed by atoms with Gasteiger partial charge in [0, 0.05) is 19.5 Å². The third kappa shape index (κ3) is 2.12. The Morgan fingerprint density at radius 1 is 1.36 bits per heavy atom. The topological polar surface area (TPSA) is 7.60 Å². The van der Waals surface area contributed by atoms with E-state index in [0.29, 0.717) is 0 Å². The maximum atomic E-state index is 6.97. The van der Waals surface area contributed by atoms with Gasteiger partial charge in [0.15, 0.2) is 0 Å². The summed E-state index contributed by atoms with van der Waals surface area (Å²) >= 11 is 0. The van der Waals surface area contributed by atoms with Gasteiger partial charge in [-0.3, -0.25) is 4.90 Å². The molecular weight excluding hydrogens is 172 g/mol. The lowest BCUT2D eigenvalue weighted by atomic mass is 10.2. The first-order valence-corrected chi connectivity index (χ1v) is 5.01. The summed E-state index contributed by atoms with van der Waals surface area (Å²) in [6, 6.07) is 10.7. The van der Waals surface area contributed by atoms with Crippen molar-refractivity contribution in [2.45, 2.75) is 19.0 Å². The molecule has 0 radical (unpaired) electrons. The number of hydrogen-bond donors (Lipinski definition) is 0. The molecule has 1 saturated heterocycles. The fourth-order valence-corrected chi connectivity index (χ4v) is 1.90. The highest BCUT2D eigenvalue weighted by molar-refractivity contribution is 5.14. The van der Waals surface area contributed by atoms with Crippen LogP contribution in [0, 0.1) is 6.57 Å². The lowest BCUT2D eigenvalue weighted by Crippen LogP contribution is -2.20. The summed E-state index contributed by atoms with van der Waals surface area (Å²) in [6.45, 7) is 9.98. The van der Waals surface area contributed by atoms with Crippen molar-refractivity contribution in [2.75, 3.05) is 13.1 Å². The van der Waals surface area contributed by atoms with Crippen LogP contribution in [-0.2, 0) is 6.54 Å². The second-order valence-corrected chi connectivity index (χ2v) is 3.79. The smallest absolute Gasteiger partial charge is 0.237 e. The average Bonchev–Trinajstić information content (AvgIpc) is 2.67. The van der Waals surface area contributed by atoms with Gasteiger partial charge in [0.05, 0.1) is 6.54 Å². The summed E-state index contributed by atoms with van der Waals surface area (Å²) in [5.41, 5.74) is 1.35. The van der Waals surface area contributed by atoms with Crippen molar-refractivity contribution in [2.24, 2.45) is 0 Å². The maximum absolute atomic E-state index is 6.97. The molecule has 0 N–H and O–H groups in total. The number of hydrogen-bond acceptors (Lipinski definition) is 1. The van der Waals surface area contributed by atoms with Gasteiger partial charge in [-0.15, -0.1) is 0 Å². The van der Waals surface area contributed by atoms with Gasteiger partial charge in [0.25, 0.3) is 0 Å². The zero-order valence-electron chi connectivity index (χ0n) is 8.19. The van der Waals surface area contributed by atoms with Crippen LogP contribution in [0.25, 0.3) is 4.85 Å². The number of likely N-dealkylation sites (tertiary alicyclic amines) is 1. The molecule has 0 bridgehead atoms. The minimum Gasteiger partial charge on any atom is -0.312 e. The van der Waals surface area contributed by atoms with Crippen LogP contribution in [0.15, 0.2) is 30.3 Å². The molecule has 1 aliphatic rings. The number of nitrogens with zero attached hydrogens (tertiary/aromatic N) is 2. The van der Waals surface area contributed by atoms with Crippen LogP contribution in [0.5, 0.6) is 0 Å². The standard InChI is InChI=1S/C12H14N2/c1-13-12-7-8-14(10-12)9-11-5-3-2-4-6-11/h2-6,12H,7-10H2. The molecule has 1 aliphatic heterocycles. The van der Waals surface area contributed by atoms with E-state index >= 15 is 0 Å². The summed E-state index contributed by atoms with van der Waals surface area (Å²) in [5, 5.41) is 0. The van der Waals surface area contributed by atoms with Crippen molar-refractivity contribution in [1.29, 1.82) is 0 Å². The monoisotopic (exact) mass is 186 g/mol. The molecule has 0 aliphatic carbocycles. The summed E-state index contributed by atoms with van der Waals surface area (Å²) in [6.07, 6.45) is 1.04. The maximum Gasteiger partial charge on any atom is 0.237 e. The van der Waals surface area contributed by atoms with Gasteiger partial charge in [0.2, 0.25) is 6.04 Å². The van der Waals surface area contributed by atoms with Gasteiger partial charge in [-0.05, 0) is 5.56 Å². The molecule has 72 valence electrons. The lowest BCUT2D eigenvalue weighted by molar-refractivity contribution is 0.330. The second kappa shape index (κ2) is 4.26. The van der Waals surface area contributed by atoms with Gasteiger partial charge in [-0.1, -0.05) is 30.3 Å². The molecule has 2 heteroatoms. The molecule has 14 heavy (non-hydrogen) atoms. The van der Waals surface area contributed by atoms with E-state index in [1.807, 2.05) is 6.07 Å². The van der Waals surface area contributed by atoms with Gasteiger partial charge in [-0.25, -0.2) is 6.57 Å². The van der Waals surface area contributed by atoms with Crippen LogP contribution in [-0.4, -0.2) is 24.0 Å². The van der Waals surface area contributed by atoms with E-state index in [-0.39, 0.29) is 6.04 Å². The summed E-state index contributed by atoms with van der Waals surface area (Å²) in [4.78, 5) is 5.95. The fraction of sp³-hybridized carbons (Fsp3) is 0.417. The minimum absolute atomic E-state index is 0.235. The third-order valence-electron chi connectivity index (χ3n) is 2.68. The number of rotatable bonds is 2. The van der Waals surface area contributed by atoms with Gasteiger partial charge in [0.1, 0.15) is 0 Å². The van der Waals surface area contributed by atoms with E-state index in [2.05, 4.69) is 34.0 Å². The lowest BCUT2D eigenvalue weighted by Gasteiger charge is -2.13. The second-order valence-electron chi connectivity index (χ2n) is 3.79. The van der Waals surface area contributed by atoms with Crippen LogP contribution in [0.3, 0.4) is 0 Å². The van der Waals surface area contributed by atoms with Crippen molar-refractivity contribution < 1.29 is 0 Å². The molecule has 0 saturated carbocycles. The van der Waals surface area contributed by atoms with Crippen molar-refractivity contribution in [3.05, 3.63) is 47.3 Å². The van der Waals surface area contributed by atoms with E-state index in [4.69, 9.17) is 6.57 Å². The predicted octanol–water partition coefficient (Wildman–Crippen LogP) is 2.18. The Morgan fingerprint density at radius 3 is 2.79 bits per heavy atom. The van der Waals surface area contributed by atoms with Gasteiger partial charge < -0.3 is 4.85 Å². The zero-order valence-corrected chi connectivity index (χ0v) is 8.19. The molecule has 1 unspecified atom stereocenters. The average molecular weight is 186 g/mol. The van der Waals surface area contributed by atoms with Crippen LogP contribution >= 0.6 is 0 Å². The zero-order chi connectivity index (χ0) is 9.80. The van der Waals surface area contributed by atoms with Crippen molar-refractivity contribution in [3.63, 3.8) is 0 Å². The molecule has 0 aromatic heterocycles. The first kappa shape index (κ1) is 9.23. The molecular formula is C12H14N2. The molecule has 2 nitrogen and oxygen atoms in total. The SMILES string of the molecule is [C-]#[N+]C1CCN(Cc2ccccc2)C1. The van der Waals surface area contributed by atoms with Crippen LogP contribution in [0.1, 0.15) is 12.0 Å². The van der Waals surface area contributed by atoms with Crippen molar-refractivity contribution >= 4 is 0 Å². The summed E-state index contributed by atoms with van der Waals surface area (Å²) < 4.78 is 0. The van der Waals surface area contributed by atoms with E-state index in [1.54, 1.807) is 0 Å². The molecule has 1 aromatic carbocycles. The summed E-state index contributed by atoms with van der Waals surface area (Å²) in [7, 11) is 0. The van der Waals surface area contributed by atoms with E-state index in [1.165, 1.54) is 5.56 Å². The van der Waals surface area contributed by atoms with Crippen molar-refractivity contribution in [1.82, 2.24) is 4.90 Å². The number of benzene rings is 1. The van der Waals surface area contributed by atoms with Gasteiger partial charge in [-0.2, -0.15) is 0 Å². The largest absolute Gasteiger partial charge is 0.312 e. The minimum atomic E-state index is 0.235. The molecule has 1 fully saturated rings. The molecule has 1 aromatic rings. The third-order valence-corrected chi connectivity index (χ3v) is 2.68. The fourth-order valence-electron chi connectivity index (χ4n) is 1.90. The normalized spacial score (nSPS) is 22.1. The molecule has 0 spiro atoms. The Labute approximate surface area is 85.0 Å². The summed E-state index contributed by atoms with van der Waals surface area (Å²) in [5.74, 6) is 0. The first-order valence-electron chi connectivity index (χ1n) is 5.01. The van der Waals surface area contributed by atoms with Crippen LogP contribution in [0.4, 0.5) is 0 Å². The van der Waals surface area contributed by atoms with E-state index < -0.39 is 0 Å². The highest BCUT2D eigenvalue weighted by Crippen LogP contribution is 2.15. The van der Waals surface area contributed by atoms with Crippen LogP contribution < -0.4 is 0 Å². The highest BCUT2D eigenvalue weighted by Gasteiger charge is 2.25. The Hall–Kier alpha value is -1.33. The predicted molar refractivity (Wildman–Crippen MR) is 56.7 cm³/mol. The Bertz CT molecular complexity index is 326. The Morgan fingerprint density at radius 2 is 2.14 bits per heavy atom. The van der Waals surface area contributed by atoms with E-state index in [0.717, 1.165) is 26.1 Å². The molecule has 2 rings (SSSR count). The van der Waals surface area contributed by atoms with Crippen LogP contribution in [0.2, 0.25) is 0 Å². The Balaban J connectivity index is 1.91. The van der Waals surface area contributed by atoms with E-state index in [9.17, 15) is 0 Å². The highest BCUT2D eigenvalue weighted by atomic mass is 15.2.